The lowest BCUT2D eigenvalue weighted by Crippen LogP contribution is -2.65. The van der Waals surface area contributed by atoms with E-state index in [0.29, 0.717) is 12.8 Å². The van der Waals surface area contributed by atoms with Gasteiger partial charge in [-0.05, 0) is 53.4 Å². The minimum absolute atomic E-state index is 0.0171. The van der Waals surface area contributed by atoms with Crippen molar-refractivity contribution >= 4 is 11.9 Å². The minimum atomic E-state index is -0.867. The van der Waals surface area contributed by atoms with Gasteiger partial charge in [-0.1, -0.05) is 44.9 Å². The van der Waals surface area contributed by atoms with Gasteiger partial charge in [-0.3, -0.25) is 9.59 Å². The molecule has 0 unspecified atom stereocenters. The van der Waals surface area contributed by atoms with Gasteiger partial charge in [-0.2, -0.15) is 0 Å². The summed E-state index contributed by atoms with van der Waals surface area (Å²) in [5.74, 6) is -0.841. The second-order valence-electron chi connectivity index (χ2n) is 11.6. The number of aliphatic carboxylic acids is 1. The maximum atomic E-state index is 14.0. The third-order valence-electron chi connectivity index (χ3n) is 7.33. The smallest absolute Gasteiger partial charge is 0.305 e. The van der Waals surface area contributed by atoms with E-state index in [1.165, 1.54) is 32.1 Å². The molecule has 2 N–H and O–H groups in total. The Balaban J connectivity index is 1.94. The van der Waals surface area contributed by atoms with E-state index >= 15 is 0 Å². The number of nitrogens with zero attached hydrogens (tertiary/aromatic N) is 1. The molecule has 0 atom stereocenters. The summed E-state index contributed by atoms with van der Waals surface area (Å²) in [4.78, 5) is 27.3. The average Bonchev–Trinajstić information content (AvgIpc) is 2.81. The summed E-state index contributed by atoms with van der Waals surface area (Å²) in [5.41, 5.74) is -1.98. The predicted molar refractivity (Wildman–Crippen MR) is 122 cm³/mol. The molecule has 0 aromatic rings. The number of carboxylic acid groups (broad SMARTS) is 1. The van der Waals surface area contributed by atoms with E-state index in [9.17, 15) is 14.7 Å². The highest BCUT2D eigenvalue weighted by molar-refractivity contribution is 5.88. The van der Waals surface area contributed by atoms with Crippen LogP contribution in [0.3, 0.4) is 0 Å². The Morgan fingerprint density at radius 3 is 1.81 bits per heavy atom. The van der Waals surface area contributed by atoms with E-state index in [2.05, 4.69) is 33.0 Å². The highest BCUT2D eigenvalue weighted by atomic mass is 16.6. The van der Waals surface area contributed by atoms with Crippen LogP contribution < -0.4 is 5.32 Å². The van der Waals surface area contributed by atoms with Crippen LogP contribution in [0.4, 0.5) is 0 Å². The van der Waals surface area contributed by atoms with Crippen molar-refractivity contribution in [3.05, 3.63) is 0 Å². The molecule has 3 rings (SSSR count). The first-order chi connectivity index (χ1) is 14.5. The fraction of sp³-hybridized carbons (Fsp3) is 0.920. The van der Waals surface area contributed by atoms with Gasteiger partial charge in [0.15, 0.2) is 5.60 Å². The monoisotopic (exact) mass is 436 g/mol. The number of amides is 1. The first kappa shape index (κ1) is 24.5. The van der Waals surface area contributed by atoms with Crippen molar-refractivity contribution in [2.45, 2.75) is 140 Å². The molecule has 1 aliphatic carbocycles. The molecule has 0 bridgehead atoms. The number of carbonyl (C=O) groups is 2. The summed E-state index contributed by atoms with van der Waals surface area (Å²) in [6, 6.07) is 0. The molecule has 0 aromatic heterocycles. The summed E-state index contributed by atoms with van der Waals surface area (Å²) in [5, 5.41) is 13.0. The van der Waals surface area contributed by atoms with Crippen molar-refractivity contribution in [2.24, 2.45) is 0 Å². The van der Waals surface area contributed by atoms with Crippen LogP contribution >= 0.6 is 0 Å². The Morgan fingerprint density at radius 2 is 1.35 bits per heavy atom. The van der Waals surface area contributed by atoms with E-state index in [0.717, 1.165) is 38.5 Å². The average molecular weight is 437 g/mol. The van der Waals surface area contributed by atoms with Crippen LogP contribution in [-0.2, 0) is 14.3 Å². The highest BCUT2D eigenvalue weighted by Gasteiger charge is 2.64. The number of piperidine rings is 1. The van der Waals surface area contributed by atoms with Crippen LogP contribution in [0.15, 0.2) is 0 Å². The number of hydrogen-bond acceptors (Lipinski definition) is 4. The molecular weight excluding hydrogens is 392 g/mol. The molecule has 31 heavy (non-hydrogen) atoms. The lowest BCUT2D eigenvalue weighted by atomic mass is 9.72. The summed E-state index contributed by atoms with van der Waals surface area (Å²) >= 11 is 0. The van der Waals surface area contributed by atoms with Crippen molar-refractivity contribution < 1.29 is 19.4 Å². The topological polar surface area (TPSA) is 78.9 Å². The van der Waals surface area contributed by atoms with Gasteiger partial charge >= 0.3 is 5.97 Å². The fourth-order valence-electron chi connectivity index (χ4n) is 6.66. The van der Waals surface area contributed by atoms with Gasteiger partial charge in [0.25, 0.3) is 5.91 Å². The molecule has 1 amide bonds. The third-order valence-corrected chi connectivity index (χ3v) is 7.33. The van der Waals surface area contributed by atoms with Gasteiger partial charge in [-0.25, -0.2) is 0 Å². The van der Waals surface area contributed by atoms with E-state index < -0.39 is 17.3 Å². The molecule has 1 saturated carbocycles. The molecular formula is C25H44N2O4. The molecule has 2 spiro atoms. The van der Waals surface area contributed by atoms with Gasteiger partial charge in [0.2, 0.25) is 0 Å². The molecule has 6 nitrogen and oxygen atoms in total. The normalized spacial score (nSPS) is 28.3. The number of nitrogens with one attached hydrogen (secondary N) is 1. The van der Waals surface area contributed by atoms with Crippen LogP contribution in [-0.4, -0.2) is 50.8 Å². The van der Waals surface area contributed by atoms with Gasteiger partial charge < -0.3 is 20.1 Å². The molecule has 0 aromatic carbocycles. The van der Waals surface area contributed by atoms with E-state index in [-0.39, 0.29) is 30.0 Å². The number of carbonyl (C=O) groups excluding carboxylic acids is 1. The van der Waals surface area contributed by atoms with Crippen molar-refractivity contribution in [2.75, 3.05) is 6.54 Å². The maximum absolute atomic E-state index is 14.0. The molecule has 0 radical (unpaired) electrons. The van der Waals surface area contributed by atoms with Crippen LogP contribution in [0.25, 0.3) is 0 Å². The summed E-state index contributed by atoms with van der Waals surface area (Å²) in [6.07, 6.45) is 13.5. The number of carboxylic acids is 1. The zero-order chi connectivity index (χ0) is 22.8. The molecule has 2 heterocycles. The van der Waals surface area contributed by atoms with Gasteiger partial charge in [0.1, 0.15) is 5.72 Å². The molecule has 178 valence electrons. The zero-order valence-corrected chi connectivity index (χ0v) is 20.2. The van der Waals surface area contributed by atoms with E-state index in [1.807, 2.05) is 4.90 Å². The SMILES string of the molecule is CC1(C)CC2(CC(C)(C)N1)OC1(CCCCCCCCCCC1)N(CCC(=O)O)C2=O. The molecule has 6 heteroatoms. The zero-order valence-electron chi connectivity index (χ0n) is 20.2. The van der Waals surface area contributed by atoms with Crippen LogP contribution in [0.1, 0.15) is 118 Å². The minimum Gasteiger partial charge on any atom is -0.481 e. The molecule has 3 aliphatic rings. The Morgan fingerprint density at radius 1 is 0.903 bits per heavy atom. The quantitative estimate of drug-likeness (QED) is 0.651. The number of ether oxygens (including phenoxy) is 1. The van der Waals surface area contributed by atoms with Gasteiger partial charge in [0.05, 0.1) is 6.42 Å². The Hall–Kier alpha value is -1.14. The Labute approximate surface area is 188 Å². The van der Waals surface area contributed by atoms with Crippen molar-refractivity contribution in [1.82, 2.24) is 10.2 Å². The Bertz CT molecular complexity index is 630. The van der Waals surface area contributed by atoms with Gasteiger partial charge in [0, 0.05) is 30.5 Å². The van der Waals surface area contributed by atoms with Crippen molar-refractivity contribution in [3.8, 4) is 0 Å². The third kappa shape index (κ3) is 5.81. The number of rotatable bonds is 3. The van der Waals surface area contributed by atoms with Crippen molar-refractivity contribution in [3.63, 3.8) is 0 Å². The van der Waals surface area contributed by atoms with Gasteiger partial charge in [-0.15, -0.1) is 0 Å². The molecule has 2 saturated heterocycles. The van der Waals surface area contributed by atoms with Crippen LogP contribution in [0, 0.1) is 0 Å². The molecule has 3 fully saturated rings. The predicted octanol–water partition coefficient (Wildman–Crippen LogP) is 5.00. The number of hydrogen-bond donors (Lipinski definition) is 2. The fourth-order valence-corrected chi connectivity index (χ4v) is 6.66. The van der Waals surface area contributed by atoms with Crippen LogP contribution in [0.5, 0.6) is 0 Å². The van der Waals surface area contributed by atoms with E-state index in [1.54, 1.807) is 0 Å². The van der Waals surface area contributed by atoms with Crippen molar-refractivity contribution in [1.29, 1.82) is 0 Å². The highest BCUT2D eigenvalue weighted by Crippen LogP contribution is 2.50. The van der Waals surface area contributed by atoms with E-state index in [4.69, 9.17) is 4.74 Å². The van der Waals surface area contributed by atoms with Crippen LogP contribution in [0.2, 0.25) is 0 Å². The summed E-state index contributed by atoms with van der Waals surface area (Å²) in [6.45, 7) is 8.80. The second-order valence-corrected chi connectivity index (χ2v) is 11.6. The first-order valence-corrected chi connectivity index (χ1v) is 12.5. The first-order valence-electron chi connectivity index (χ1n) is 12.5. The second kappa shape index (κ2) is 9.38. The maximum Gasteiger partial charge on any atom is 0.305 e. The lowest BCUT2D eigenvalue weighted by Gasteiger charge is -2.50. The summed E-state index contributed by atoms with van der Waals surface area (Å²) in [7, 11) is 0. The molecule has 2 aliphatic heterocycles. The summed E-state index contributed by atoms with van der Waals surface area (Å²) < 4.78 is 6.99. The Kier molecular flexibility index (Phi) is 7.42. The largest absolute Gasteiger partial charge is 0.481 e. The lowest BCUT2D eigenvalue weighted by molar-refractivity contribution is -0.177. The standard InChI is InChI=1S/C25H44N2O4/c1-22(2)18-24(19-23(3,4)26-22)21(30)27(17-14-20(28)29)25(31-24)15-12-10-8-6-5-7-9-11-13-16-25/h26H,5-19H2,1-4H3,(H,28,29).